The fourth-order valence-electron chi connectivity index (χ4n) is 2.40. The summed E-state index contributed by atoms with van der Waals surface area (Å²) in [5.41, 5.74) is 1.31. The van der Waals surface area contributed by atoms with E-state index in [-0.39, 0.29) is 5.97 Å². The molecule has 2 aliphatic carbocycles. The molecule has 2 atom stereocenters. The molecule has 0 amide bonds. The molecule has 0 aromatic rings. The van der Waals surface area contributed by atoms with Crippen LogP contribution in [0.1, 0.15) is 32.6 Å². The summed E-state index contributed by atoms with van der Waals surface area (Å²) in [7, 11) is 0. The Morgan fingerprint density at radius 2 is 2.08 bits per heavy atom. The number of carbonyl (C=O) groups excluding carboxylic acids is 1. The van der Waals surface area contributed by atoms with E-state index in [0.29, 0.717) is 6.61 Å². The van der Waals surface area contributed by atoms with Crippen molar-refractivity contribution in [2.45, 2.75) is 32.6 Å². The Labute approximate surface area is 79.0 Å². The first-order valence-electron chi connectivity index (χ1n) is 5.15. The second kappa shape index (κ2) is 3.52. The zero-order valence-electron chi connectivity index (χ0n) is 8.08. The molecule has 0 spiro atoms. The highest BCUT2D eigenvalue weighted by Gasteiger charge is 2.37. The normalized spacial score (nSPS) is 34.1. The molecule has 0 unspecified atom stereocenters. The lowest BCUT2D eigenvalue weighted by atomic mass is 9.77. The van der Waals surface area contributed by atoms with Crippen molar-refractivity contribution >= 4 is 5.97 Å². The Morgan fingerprint density at radius 3 is 2.54 bits per heavy atom. The van der Waals surface area contributed by atoms with Crippen LogP contribution in [0.25, 0.3) is 0 Å². The molecule has 0 bridgehead atoms. The molecule has 2 heteroatoms. The van der Waals surface area contributed by atoms with Gasteiger partial charge in [0.15, 0.2) is 0 Å². The Kier molecular flexibility index (Phi) is 2.38. The maximum atomic E-state index is 11.1. The summed E-state index contributed by atoms with van der Waals surface area (Å²) in [5, 5.41) is 0. The van der Waals surface area contributed by atoms with Crippen LogP contribution in [0.5, 0.6) is 0 Å². The molecule has 2 aliphatic rings. The molecule has 2 fully saturated rings. The van der Waals surface area contributed by atoms with Crippen molar-refractivity contribution < 1.29 is 9.53 Å². The van der Waals surface area contributed by atoms with Gasteiger partial charge in [-0.15, -0.1) is 0 Å². The highest BCUT2D eigenvalue weighted by atomic mass is 16.5. The summed E-state index contributed by atoms with van der Waals surface area (Å²) >= 11 is 0. The van der Waals surface area contributed by atoms with E-state index < -0.39 is 0 Å². The summed E-state index contributed by atoms with van der Waals surface area (Å²) in [4.78, 5) is 11.1. The molecule has 72 valence electrons. The standard InChI is InChI=1S/C11H16O2/c1-2-13-11(12)7-8-5-9-3-4-10(9)6-8/h7,9-10H,2-6H2,1H3/b8-7-/t9-,10+/m1/s1. The van der Waals surface area contributed by atoms with Crippen LogP contribution in [0.2, 0.25) is 0 Å². The maximum Gasteiger partial charge on any atom is 0.330 e. The van der Waals surface area contributed by atoms with Gasteiger partial charge in [0.05, 0.1) is 6.61 Å². The summed E-state index contributed by atoms with van der Waals surface area (Å²) in [5.74, 6) is 1.63. The molecule has 0 aromatic carbocycles. The van der Waals surface area contributed by atoms with Gasteiger partial charge in [0.25, 0.3) is 0 Å². The molecule has 0 N–H and O–H groups in total. The van der Waals surface area contributed by atoms with Gasteiger partial charge in [0, 0.05) is 6.08 Å². The van der Waals surface area contributed by atoms with E-state index >= 15 is 0 Å². The van der Waals surface area contributed by atoms with E-state index in [2.05, 4.69) is 0 Å². The molecule has 13 heavy (non-hydrogen) atoms. The van der Waals surface area contributed by atoms with E-state index in [9.17, 15) is 4.79 Å². The largest absolute Gasteiger partial charge is 0.463 e. The predicted molar refractivity (Wildman–Crippen MR) is 50.2 cm³/mol. The number of fused-ring (bicyclic) bond motifs is 1. The molecular weight excluding hydrogens is 164 g/mol. The summed E-state index contributed by atoms with van der Waals surface area (Å²) < 4.78 is 4.88. The maximum absolute atomic E-state index is 11.1. The SMILES string of the molecule is CCOC(=O)/C=C1/C[C@H]2CC[C@H]2C1. The highest BCUT2D eigenvalue weighted by Crippen LogP contribution is 2.49. The van der Waals surface area contributed by atoms with Gasteiger partial charge in [-0.25, -0.2) is 4.79 Å². The number of esters is 1. The Bertz CT molecular complexity index is 228. The van der Waals surface area contributed by atoms with Crippen LogP contribution < -0.4 is 0 Å². The van der Waals surface area contributed by atoms with Gasteiger partial charge in [-0.3, -0.25) is 0 Å². The topological polar surface area (TPSA) is 26.3 Å². The van der Waals surface area contributed by atoms with Crippen molar-refractivity contribution in [2.24, 2.45) is 11.8 Å². The second-order valence-corrected chi connectivity index (χ2v) is 4.06. The average molecular weight is 180 g/mol. The quantitative estimate of drug-likeness (QED) is 0.481. The smallest absolute Gasteiger partial charge is 0.330 e. The molecule has 0 radical (unpaired) electrons. The zero-order valence-corrected chi connectivity index (χ0v) is 8.08. The number of hydrogen-bond donors (Lipinski definition) is 0. The molecule has 2 saturated carbocycles. The van der Waals surface area contributed by atoms with Crippen LogP contribution in [-0.2, 0) is 9.53 Å². The predicted octanol–water partition coefficient (Wildman–Crippen LogP) is 2.30. The summed E-state index contributed by atoms with van der Waals surface area (Å²) in [6, 6.07) is 0. The fourth-order valence-corrected chi connectivity index (χ4v) is 2.40. The van der Waals surface area contributed by atoms with Crippen LogP contribution in [0.3, 0.4) is 0 Å². The first-order valence-corrected chi connectivity index (χ1v) is 5.15. The monoisotopic (exact) mass is 180 g/mol. The lowest BCUT2D eigenvalue weighted by molar-refractivity contribution is -0.137. The lowest BCUT2D eigenvalue weighted by Crippen LogP contribution is -2.18. The van der Waals surface area contributed by atoms with Gasteiger partial charge < -0.3 is 4.74 Å². The van der Waals surface area contributed by atoms with E-state index in [1.165, 1.54) is 18.4 Å². The van der Waals surface area contributed by atoms with E-state index in [4.69, 9.17) is 4.74 Å². The zero-order chi connectivity index (χ0) is 9.26. The van der Waals surface area contributed by atoms with Gasteiger partial charge in [0.1, 0.15) is 0 Å². The summed E-state index contributed by atoms with van der Waals surface area (Å²) in [6.07, 6.45) is 6.73. The van der Waals surface area contributed by atoms with Gasteiger partial charge in [-0.1, -0.05) is 5.57 Å². The third-order valence-electron chi connectivity index (χ3n) is 3.23. The van der Waals surface area contributed by atoms with E-state index in [1.54, 1.807) is 6.08 Å². The van der Waals surface area contributed by atoms with Crippen molar-refractivity contribution in [3.05, 3.63) is 11.6 Å². The number of ether oxygens (including phenoxy) is 1. The van der Waals surface area contributed by atoms with Gasteiger partial charge in [0.2, 0.25) is 0 Å². The number of rotatable bonds is 2. The molecule has 2 nitrogen and oxygen atoms in total. The number of allylic oxidation sites excluding steroid dienone is 1. The van der Waals surface area contributed by atoms with Crippen LogP contribution in [0, 0.1) is 11.8 Å². The van der Waals surface area contributed by atoms with E-state index in [0.717, 1.165) is 24.7 Å². The van der Waals surface area contributed by atoms with Crippen molar-refractivity contribution in [2.75, 3.05) is 6.61 Å². The van der Waals surface area contributed by atoms with Crippen molar-refractivity contribution in [1.29, 1.82) is 0 Å². The third kappa shape index (κ3) is 1.77. The van der Waals surface area contributed by atoms with Crippen molar-refractivity contribution in [3.8, 4) is 0 Å². The van der Waals surface area contributed by atoms with Crippen LogP contribution >= 0.6 is 0 Å². The molecular formula is C11H16O2. The lowest BCUT2D eigenvalue weighted by Gasteiger charge is -2.28. The number of hydrogen-bond acceptors (Lipinski definition) is 2. The molecule has 2 rings (SSSR count). The third-order valence-corrected chi connectivity index (χ3v) is 3.23. The molecule has 0 heterocycles. The molecule has 0 aromatic heterocycles. The Balaban J connectivity index is 1.90. The van der Waals surface area contributed by atoms with Gasteiger partial charge in [-0.05, 0) is 44.4 Å². The van der Waals surface area contributed by atoms with Gasteiger partial charge >= 0.3 is 5.97 Å². The Morgan fingerprint density at radius 1 is 1.46 bits per heavy atom. The minimum Gasteiger partial charge on any atom is -0.463 e. The van der Waals surface area contributed by atoms with E-state index in [1.807, 2.05) is 6.92 Å². The first kappa shape index (κ1) is 8.79. The molecule has 0 saturated heterocycles. The van der Waals surface area contributed by atoms with Gasteiger partial charge in [-0.2, -0.15) is 0 Å². The van der Waals surface area contributed by atoms with Crippen LogP contribution in [0.4, 0.5) is 0 Å². The summed E-state index contributed by atoms with van der Waals surface area (Å²) in [6.45, 7) is 2.32. The minimum absolute atomic E-state index is 0.154. The fraction of sp³-hybridized carbons (Fsp3) is 0.727. The second-order valence-electron chi connectivity index (χ2n) is 4.06. The molecule has 0 aliphatic heterocycles. The highest BCUT2D eigenvalue weighted by molar-refractivity contribution is 5.82. The Hall–Kier alpha value is -0.790. The van der Waals surface area contributed by atoms with Crippen LogP contribution in [0.15, 0.2) is 11.6 Å². The first-order chi connectivity index (χ1) is 6.29. The van der Waals surface area contributed by atoms with Crippen molar-refractivity contribution in [1.82, 2.24) is 0 Å². The minimum atomic E-state index is -0.154. The average Bonchev–Trinajstić information content (AvgIpc) is 2.31. The van der Waals surface area contributed by atoms with Crippen molar-refractivity contribution in [3.63, 3.8) is 0 Å². The number of carbonyl (C=O) groups is 1. The van der Waals surface area contributed by atoms with Crippen LogP contribution in [-0.4, -0.2) is 12.6 Å².